The molecule has 0 bridgehead atoms. The minimum absolute atomic E-state index is 0.122. The number of hydrogen-bond donors (Lipinski definition) is 0. The van der Waals surface area contributed by atoms with Crippen LogP contribution in [0.5, 0.6) is 0 Å². The van der Waals surface area contributed by atoms with E-state index >= 15 is 0 Å². The smallest absolute Gasteiger partial charge is 0.243 e. The molecule has 0 amide bonds. The van der Waals surface area contributed by atoms with E-state index in [9.17, 15) is 8.42 Å². The Balaban J connectivity index is 1.51. The van der Waals surface area contributed by atoms with Crippen LogP contribution in [-0.2, 0) is 10.0 Å². The van der Waals surface area contributed by atoms with E-state index < -0.39 is 10.0 Å². The summed E-state index contributed by atoms with van der Waals surface area (Å²) in [5.41, 5.74) is 3.65. The molecule has 1 atom stereocenters. The molecule has 168 valence electrons. The van der Waals surface area contributed by atoms with Gasteiger partial charge in [0.25, 0.3) is 0 Å². The molecule has 0 N–H and O–H groups in total. The first-order valence-electron chi connectivity index (χ1n) is 11.4. The quantitative estimate of drug-likeness (QED) is 0.493. The Morgan fingerprint density at radius 2 is 1.22 bits per heavy atom. The molecule has 1 heterocycles. The van der Waals surface area contributed by atoms with Crippen LogP contribution in [0.3, 0.4) is 0 Å². The molecule has 0 aromatic heterocycles. The highest BCUT2D eigenvalue weighted by Gasteiger charge is 2.32. The van der Waals surface area contributed by atoms with E-state index in [1.54, 1.807) is 16.4 Å². The SMILES string of the molecule is CCC(C)c1ccc(S(=O)(=O)N2CCN(C(c3ccccc3)c3ccccc3)CC2)cc1. The van der Waals surface area contributed by atoms with Gasteiger partial charge >= 0.3 is 0 Å². The van der Waals surface area contributed by atoms with Gasteiger partial charge in [0, 0.05) is 26.2 Å². The molecule has 1 unspecified atom stereocenters. The van der Waals surface area contributed by atoms with Crippen LogP contribution >= 0.6 is 0 Å². The van der Waals surface area contributed by atoms with Crippen LogP contribution in [0.2, 0.25) is 0 Å². The van der Waals surface area contributed by atoms with Crippen molar-refractivity contribution in [2.24, 2.45) is 0 Å². The lowest BCUT2D eigenvalue weighted by Crippen LogP contribution is -2.49. The van der Waals surface area contributed by atoms with Crippen LogP contribution in [0.1, 0.15) is 48.9 Å². The molecule has 0 spiro atoms. The van der Waals surface area contributed by atoms with E-state index in [1.165, 1.54) is 16.7 Å². The van der Waals surface area contributed by atoms with Crippen molar-refractivity contribution >= 4 is 10.0 Å². The van der Waals surface area contributed by atoms with Gasteiger partial charge in [-0.3, -0.25) is 4.90 Å². The predicted octanol–water partition coefficient (Wildman–Crippen LogP) is 5.30. The maximum Gasteiger partial charge on any atom is 0.243 e. The van der Waals surface area contributed by atoms with Crippen LogP contribution in [0.25, 0.3) is 0 Å². The lowest BCUT2D eigenvalue weighted by atomic mass is 9.96. The lowest BCUT2D eigenvalue weighted by molar-refractivity contribution is 0.156. The molecule has 1 saturated heterocycles. The third-order valence-electron chi connectivity index (χ3n) is 6.57. The normalized spacial score (nSPS) is 16.8. The zero-order valence-electron chi connectivity index (χ0n) is 18.9. The predicted molar refractivity (Wildman–Crippen MR) is 130 cm³/mol. The molecule has 5 heteroatoms. The van der Waals surface area contributed by atoms with Gasteiger partial charge in [-0.15, -0.1) is 0 Å². The molecule has 1 fully saturated rings. The van der Waals surface area contributed by atoms with Crippen molar-refractivity contribution in [3.63, 3.8) is 0 Å². The molecule has 3 aromatic carbocycles. The highest BCUT2D eigenvalue weighted by atomic mass is 32.2. The summed E-state index contributed by atoms with van der Waals surface area (Å²) in [6.07, 6.45) is 1.04. The summed E-state index contributed by atoms with van der Waals surface area (Å²) in [6.45, 7) is 6.68. The fraction of sp³-hybridized carbons (Fsp3) is 0.333. The zero-order chi connectivity index (χ0) is 22.6. The largest absolute Gasteiger partial charge is 0.290 e. The Kier molecular flexibility index (Phi) is 7.09. The third kappa shape index (κ3) is 4.80. The highest BCUT2D eigenvalue weighted by molar-refractivity contribution is 7.89. The monoisotopic (exact) mass is 448 g/mol. The summed E-state index contributed by atoms with van der Waals surface area (Å²) in [7, 11) is -3.48. The molecule has 4 nitrogen and oxygen atoms in total. The summed E-state index contributed by atoms with van der Waals surface area (Å²) in [4.78, 5) is 2.78. The van der Waals surface area contributed by atoms with E-state index in [-0.39, 0.29) is 6.04 Å². The maximum absolute atomic E-state index is 13.3. The molecule has 0 aliphatic carbocycles. The number of piperazine rings is 1. The molecule has 1 aliphatic rings. The highest BCUT2D eigenvalue weighted by Crippen LogP contribution is 2.30. The van der Waals surface area contributed by atoms with Gasteiger partial charge in [-0.25, -0.2) is 8.42 Å². The third-order valence-corrected chi connectivity index (χ3v) is 8.48. The number of rotatable bonds is 7. The number of hydrogen-bond acceptors (Lipinski definition) is 3. The molecule has 3 aromatic rings. The molecule has 1 aliphatic heterocycles. The van der Waals surface area contributed by atoms with Gasteiger partial charge in [-0.05, 0) is 41.2 Å². The van der Waals surface area contributed by atoms with Crippen molar-refractivity contribution in [1.82, 2.24) is 9.21 Å². The van der Waals surface area contributed by atoms with Crippen LogP contribution in [0, 0.1) is 0 Å². The van der Waals surface area contributed by atoms with Crippen molar-refractivity contribution in [2.75, 3.05) is 26.2 Å². The van der Waals surface area contributed by atoms with Crippen LogP contribution < -0.4 is 0 Å². The second-order valence-electron chi connectivity index (χ2n) is 8.54. The fourth-order valence-corrected chi connectivity index (χ4v) is 5.86. The molecular formula is C27H32N2O2S. The van der Waals surface area contributed by atoms with Crippen LogP contribution in [0.15, 0.2) is 89.8 Å². The van der Waals surface area contributed by atoms with Crippen molar-refractivity contribution in [2.45, 2.75) is 37.1 Å². The summed E-state index contributed by atoms with van der Waals surface area (Å²) in [6, 6.07) is 28.5. The van der Waals surface area contributed by atoms with E-state index in [0.29, 0.717) is 37.0 Å². The second-order valence-corrected chi connectivity index (χ2v) is 10.5. The average molecular weight is 449 g/mol. The Bertz CT molecular complexity index is 1050. The Morgan fingerprint density at radius 1 is 0.719 bits per heavy atom. The molecule has 0 radical (unpaired) electrons. The first kappa shape index (κ1) is 22.7. The van der Waals surface area contributed by atoms with Crippen LogP contribution in [0.4, 0.5) is 0 Å². The first-order valence-corrected chi connectivity index (χ1v) is 12.9. The molecule has 4 rings (SSSR count). The molecular weight excluding hydrogens is 416 g/mol. The summed E-state index contributed by atoms with van der Waals surface area (Å²) >= 11 is 0. The van der Waals surface area contributed by atoms with E-state index in [4.69, 9.17) is 0 Å². The number of sulfonamides is 1. The Morgan fingerprint density at radius 3 is 1.69 bits per heavy atom. The van der Waals surface area contributed by atoms with Crippen molar-refractivity contribution in [3.05, 3.63) is 102 Å². The van der Waals surface area contributed by atoms with E-state index in [1.807, 2.05) is 24.3 Å². The van der Waals surface area contributed by atoms with Gasteiger partial charge in [0.1, 0.15) is 0 Å². The minimum atomic E-state index is -3.48. The number of benzene rings is 3. The fourth-order valence-electron chi connectivity index (χ4n) is 4.44. The van der Waals surface area contributed by atoms with Gasteiger partial charge in [-0.2, -0.15) is 4.31 Å². The minimum Gasteiger partial charge on any atom is -0.290 e. The molecule has 32 heavy (non-hydrogen) atoms. The van der Waals surface area contributed by atoms with Crippen molar-refractivity contribution in [1.29, 1.82) is 0 Å². The van der Waals surface area contributed by atoms with Gasteiger partial charge in [0.2, 0.25) is 10.0 Å². The van der Waals surface area contributed by atoms with Gasteiger partial charge in [0.05, 0.1) is 10.9 Å². The summed E-state index contributed by atoms with van der Waals surface area (Å²) in [5.74, 6) is 0.434. The topological polar surface area (TPSA) is 40.6 Å². The van der Waals surface area contributed by atoms with Crippen molar-refractivity contribution < 1.29 is 8.42 Å². The van der Waals surface area contributed by atoms with Gasteiger partial charge < -0.3 is 0 Å². The van der Waals surface area contributed by atoms with Gasteiger partial charge in [-0.1, -0.05) is 86.6 Å². The average Bonchev–Trinajstić information content (AvgIpc) is 2.85. The molecule has 0 saturated carbocycles. The standard InChI is InChI=1S/C27H32N2O2S/c1-3-22(2)23-14-16-26(17-15-23)32(30,31)29-20-18-28(19-21-29)27(24-10-6-4-7-11-24)25-12-8-5-9-13-25/h4-17,22,27H,3,18-21H2,1-2H3. The second kappa shape index (κ2) is 9.99. The van der Waals surface area contributed by atoms with Crippen LogP contribution in [-0.4, -0.2) is 43.8 Å². The Labute approximate surface area is 192 Å². The maximum atomic E-state index is 13.3. The van der Waals surface area contributed by atoms with Crippen molar-refractivity contribution in [3.8, 4) is 0 Å². The lowest BCUT2D eigenvalue weighted by Gasteiger charge is -2.39. The number of nitrogens with zero attached hydrogens (tertiary/aromatic N) is 2. The van der Waals surface area contributed by atoms with E-state index in [0.717, 1.165) is 6.42 Å². The van der Waals surface area contributed by atoms with E-state index in [2.05, 4.69) is 67.3 Å². The summed E-state index contributed by atoms with van der Waals surface area (Å²) in [5, 5.41) is 0. The zero-order valence-corrected chi connectivity index (χ0v) is 19.7. The Hall–Kier alpha value is -2.47. The van der Waals surface area contributed by atoms with Gasteiger partial charge in [0.15, 0.2) is 0 Å². The summed E-state index contributed by atoms with van der Waals surface area (Å²) < 4.78 is 28.2. The first-order chi connectivity index (χ1) is 15.5.